The lowest BCUT2D eigenvalue weighted by Gasteiger charge is -2.15. The van der Waals surface area contributed by atoms with Crippen LogP contribution >= 0.6 is 0 Å². The summed E-state index contributed by atoms with van der Waals surface area (Å²) in [5, 5.41) is 0. The number of pyridine rings is 1. The molecule has 1 rings (SSSR count). The Bertz CT molecular complexity index is 515. The molecule has 3 nitrogen and oxygen atoms in total. The summed E-state index contributed by atoms with van der Waals surface area (Å²) in [5.41, 5.74) is -5.75. The molecule has 1 heterocycles. The van der Waals surface area contributed by atoms with E-state index in [0.717, 1.165) is 4.98 Å². The average molecular weight is 297 g/mol. The van der Waals surface area contributed by atoms with Gasteiger partial charge in [0.05, 0.1) is 5.69 Å². The molecular formula is C8H3F8NO2. The third-order valence-electron chi connectivity index (χ3n) is 1.74. The highest BCUT2D eigenvalue weighted by Gasteiger charge is 2.42. The Morgan fingerprint density at radius 2 is 1.63 bits per heavy atom. The van der Waals surface area contributed by atoms with Gasteiger partial charge in [0.25, 0.3) is 6.43 Å². The molecule has 0 radical (unpaired) electrons. The van der Waals surface area contributed by atoms with E-state index in [1.165, 1.54) is 0 Å². The van der Waals surface area contributed by atoms with Crippen molar-refractivity contribution in [3.63, 3.8) is 0 Å². The number of H-pyrrole nitrogens is 1. The molecule has 1 aromatic heterocycles. The third kappa shape index (κ3) is 3.83. The molecule has 0 spiro atoms. The topological polar surface area (TPSA) is 42.1 Å². The van der Waals surface area contributed by atoms with Crippen molar-refractivity contribution in [1.82, 2.24) is 4.98 Å². The van der Waals surface area contributed by atoms with Crippen LogP contribution in [0, 0.1) is 0 Å². The Kier molecular flexibility index (Phi) is 3.77. The van der Waals surface area contributed by atoms with Crippen LogP contribution in [0.25, 0.3) is 0 Å². The normalized spacial score (nSPS) is 12.9. The lowest BCUT2D eigenvalue weighted by atomic mass is 10.2. The molecule has 1 aromatic rings. The van der Waals surface area contributed by atoms with Crippen LogP contribution in [-0.4, -0.2) is 11.3 Å². The maximum atomic E-state index is 12.4. The smallest absolute Gasteiger partial charge is 0.399 e. The van der Waals surface area contributed by atoms with Crippen molar-refractivity contribution >= 4 is 0 Å². The van der Waals surface area contributed by atoms with Gasteiger partial charge in [-0.3, -0.25) is 4.79 Å². The molecule has 0 aliphatic rings. The van der Waals surface area contributed by atoms with Crippen LogP contribution in [0.3, 0.4) is 0 Å². The van der Waals surface area contributed by atoms with Crippen molar-refractivity contribution in [1.29, 1.82) is 0 Å². The Hall–Kier alpha value is -1.81. The molecule has 0 atom stereocenters. The largest absolute Gasteiger partial charge is 0.573 e. The highest BCUT2D eigenvalue weighted by molar-refractivity contribution is 5.32. The number of aromatic amines is 1. The Morgan fingerprint density at radius 3 is 2.00 bits per heavy atom. The van der Waals surface area contributed by atoms with E-state index in [4.69, 9.17) is 0 Å². The molecule has 1 N–H and O–H groups in total. The highest BCUT2D eigenvalue weighted by Crippen LogP contribution is 2.36. The maximum Gasteiger partial charge on any atom is 0.573 e. The number of hydrogen-bond donors (Lipinski definition) is 1. The number of aromatic nitrogens is 1. The van der Waals surface area contributed by atoms with Gasteiger partial charge >= 0.3 is 12.5 Å². The summed E-state index contributed by atoms with van der Waals surface area (Å²) < 4.78 is 100. The molecule has 0 unspecified atom stereocenters. The molecular weight excluding hydrogens is 294 g/mol. The fourth-order valence-corrected chi connectivity index (χ4v) is 1.10. The van der Waals surface area contributed by atoms with Gasteiger partial charge in [0, 0.05) is 6.07 Å². The monoisotopic (exact) mass is 297 g/mol. The first-order valence-corrected chi connectivity index (χ1v) is 4.30. The van der Waals surface area contributed by atoms with Crippen LogP contribution in [-0.2, 0) is 6.18 Å². The van der Waals surface area contributed by atoms with E-state index in [1.807, 2.05) is 0 Å². The van der Waals surface area contributed by atoms with Gasteiger partial charge in [-0.1, -0.05) is 0 Å². The summed E-state index contributed by atoms with van der Waals surface area (Å²) in [4.78, 5) is 12.0. The Labute approximate surface area is 98.3 Å². The van der Waals surface area contributed by atoms with Gasteiger partial charge in [-0.05, 0) is 0 Å². The van der Waals surface area contributed by atoms with E-state index >= 15 is 0 Å². The molecule has 0 saturated carbocycles. The van der Waals surface area contributed by atoms with Crippen LogP contribution < -0.4 is 10.2 Å². The zero-order chi connectivity index (χ0) is 15.0. The van der Waals surface area contributed by atoms with Gasteiger partial charge in [-0.2, -0.15) is 13.2 Å². The predicted octanol–water partition coefficient (Wildman–Crippen LogP) is 3.23. The lowest BCUT2D eigenvalue weighted by molar-refractivity contribution is -0.277. The quantitative estimate of drug-likeness (QED) is 0.852. The van der Waals surface area contributed by atoms with Crippen molar-refractivity contribution in [2.75, 3.05) is 0 Å². The number of alkyl halides is 8. The van der Waals surface area contributed by atoms with Crippen molar-refractivity contribution in [3.05, 3.63) is 27.7 Å². The second-order valence-corrected chi connectivity index (χ2v) is 3.14. The fourth-order valence-electron chi connectivity index (χ4n) is 1.10. The standard InChI is InChI=1S/C8H3F8NO2/c9-6(10)2-1-3(18)4(19-8(14,15)16)5(17-2)7(11,12)13/h1,6H,(H,17,18). The fraction of sp³-hybridized carbons (Fsp3) is 0.375. The summed E-state index contributed by atoms with van der Waals surface area (Å²) >= 11 is 0. The first-order valence-electron chi connectivity index (χ1n) is 4.30. The molecule has 11 heteroatoms. The summed E-state index contributed by atoms with van der Waals surface area (Å²) in [6.07, 6.45) is -14.6. The van der Waals surface area contributed by atoms with Gasteiger partial charge in [-0.25, -0.2) is 8.78 Å². The summed E-state index contributed by atoms with van der Waals surface area (Å²) in [7, 11) is 0. The van der Waals surface area contributed by atoms with Crippen molar-refractivity contribution in [3.8, 4) is 5.75 Å². The minimum Gasteiger partial charge on any atom is -0.399 e. The van der Waals surface area contributed by atoms with E-state index in [-0.39, 0.29) is 6.07 Å². The second-order valence-electron chi connectivity index (χ2n) is 3.14. The first kappa shape index (κ1) is 15.2. The zero-order valence-electron chi connectivity index (χ0n) is 8.49. The average Bonchev–Trinajstić information content (AvgIpc) is 2.16. The summed E-state index contributed by atoms with van der Waals surface area (Å²) in [5.74, 6) is -2.13. The van der Waals surface area contributed by atoms with Crippen molar-refractivity contribution in [2.24, 2.45) is 0 Å². The van der Waals surface area contributed by atoms with Gasteiger partial charge in [0.1, 0.15) is 0 Å². The number of halogens is 8. The Morgan fingerprint density at radius 1 is 1.11 bits per heavy atom. The predicted molar refractivity (Wildman–Crippen MR) is 43.7 cm³/mol. The summed E-state index contributed by atoms with van der Waals surface area (Å²) in [6, 6.07) is -0.0963. The molecule has 0 aromatic carbocycles. The number of ether oxygens (including phenoxy) is 1. The highest BCUT2D eigenvalue weighted by atomic mass is 19.4. The molecule has 108 valence electrons. The number of nitrogens with one attached hydrogen (secondary N) is 1. The van der Waals surface area contributed by atoms with E-state index in [0.29, 0.717) is 0 Å². The number of hydrogen-bond acceptors (Lipinski definition) is 2. The molecule has 0 bridgehead atoms. The summed E-state index contributed by atoms with van der Waals surface area (Å²) in [6.45, 7) is 0. The molecule has 0 aliphatic heterocycles. The third-order valence-corrected chi connectivity index (χ3v) is 1.74. The maximum absolute atomic E-state index is 12.4. The van der Waals surface area contributed by atoms with Crippen LogP contribution in [0.4, 0.5) is 35.1 Å². The Balaban J connectivity index is 3.49. The van der Waals surface area contributed by atoms with Crippen molar-refractivity contribution < 1.29 is 39.9 Å². The number of rotatable bonds is 2. The zero-order valence-corrected chi connectivity index (χ0v) is 8.49. The van der Waals surface area contributed by atoms with E-state index in [9.17, 15) is 39.9 Å². The second kappa shape index (κ2) is 4.70. The molecule has 0 aliphatic carbocycles. The van der Waals surface area contributed by atoms with Gasteiger partial charge in [0.2, 0.25) is 11.2 Å². The van der Waals surface area contributed by atoms with E-state index < -0.39 is 41.5 Å². The van der Waals surface area contributed by atoms with Crippen molar-refractivity contribution in [2.45, 2.75) is 19.0 Å². The van der Waals surface area contributed by atoms with E-state index in [1.54, 1.807) is 0 Å². The molecule has 0 saturated heterocycles. The first-order chi connectivity index (χ1) is 8.42. The van der Waals surface area contributed by atoms with Gasteiger partial charge in [0.15, 0.2) is 5.69 Å². The molecule has 0 amide bonds. The van der Waals surface area contributed by atoms with Gasteiger partial charge in [-0.15, -0.1) is 13.2 Å². The van der Waals surface area contributed by atoms with E-state index in [2.05, 4.69) is 4.74 Å². The lowest BCUT2D eigenvalue weighted by Crippen LogP contribution is -2.26. The molecule has 19 heavy (non-hydrogen) atoms. The molecule has 0 fully saturated rings. The van der Waals surface area contributed by atoms with Crippen LogP contribution in [0.2, 0.25) is 0 Å². The van der Waals surface area contributed by atoms with Crippen LogP contribution in [0.15, 0.2) is 10.9 Å². The SMILES string of the molecule is O=c1cc(C(F)F)[nH]c(C(F)(F)F)c1OC(F)(F)F. The van der Waals surface area contributed by atoms with Crippen LogP contribution in [0.1, 0.15) is 17.8 Å². The van der Waals surface area contributed by atoms with Crippen LogP contribution in [0.5, 0.6) is 5.75 Å². The van der Waals surface area contributed by atoms with Gasteiger partial charge < -0.3 is 9.72 Å². The minimum absolute atomic E-state index is 0.0963. The minimum atomic E-state index is -5.57.